The lowest BCUT2D eigenvalue weighted by Gasteiger charge is -2.16. The predicted octanol–water partition coefficient (Wildman–Crippen LogP) is 3.47. The molecule has 0 saturated heterocycles. The molecule has 2 saturated carbocycles. The minimum absolute atomic E-state index is 0.00448. The predicted molar refractivity (Wildman–Crippen MR) is 111 cm³/mol. The van der Waals surface area contributed by atoms with Crippen LogP contribution in [0.25, 0.3) is 10.9 Å². The van der Waals surface area contributed by atoms with E-state index in [4.69, 9.17) is 4.98 Å². The van der Waals surface area contributed by atoms with Gasteiger partial charge in [-0.1, -0.05) is 12.1 Å². The largest absolute Gasteiger partial charge is 0.311 e. The Labute approximate surface area is 168 Å². The minimum Gasteiger partial charge on any atom is -0.311 e. The normalized spacial score (nSPS) is 17.4. The number of hydrogen-bond donors (Lipinski definition) is 1. The molecule has 7 heteroatoms. The summed E-state index contributed by atoms with van der Waals surface area (Å²) in [5.74, 6) is 2.01. The number of rotatable bonds is 7. The van der Waals surface area contributed by atoms with Gasteiger partial charge in [0.15, 0.2) is 0 Å². The number of aryl methyl sites for hydroxylation is 1. The average molecular weight is 391 g/mol. The van der Waals surface area contributed by atoms with E-state index >= 15 is 0 Å². The van der Waals surface area contributed by atoms with Crippen molar-refractivity contribution in [1.29, 1.82) is 0 Å². The van der Waals surface area contributed by atoms with Crippen molar-refractivity contribution in [2.75, 3.05) is 5.32 Å². The average Bonchev–Trinajstić information content (AvgIpc) is 3.64. The molecule has 150 valence electrons. The van der Waals surface area contributed by atoms with Crippen LogP contribution in [0.5, 0.6) is 0 Å². The third-order valence-electron chi connectivity index (χ3n) is 6.00. The van der Waals surface area contributed by atoms with Crippen LogP contribution < -0.4 is 10.9 Å². The van der Waals surface area contributed by atoms with Gasteiger partial charge in [-0.05, 0) is 50.7 Å². The zero-order chi connectivity index (χ0) is 20.0. The maximum atomic E-state index is 12.9. The van der Waals surface area contributed by atoms with Crippen molar-refractivity contribution in [2.24, 2.45) is 5.92 Å². The van der Waals surface area contributed by atoms with Gasteiger partial charge in [-0.25, -0.2) is 9.67 Å². The van der Waals surface area contributed by atoms with Crippen LogP contribution in [-0.4, -0.2) is 25.2 Å². The lowest BCUT2D eigenvalue weighted by atomic mass is 10.2. The Morgan fingerprint density at radius 3 is 2.76 bits per heavy atom. The van der Waals surface area contributed by atoms with Gasteiger partial charge >= 0.3 is 0 Å². The van der Waals surface area contributed by atoms with E-state index in [1.54, 1.807) is 10.8 Å². The number of benzene rings is 1. The molecule has 0 aliphatic heterocycles. The van der Waals surface area contributed by atoms with Crippen LogP contribution in [0.3, 0.4) is 0 Å². The summed E-state index contributed by atoms with van der Waals surface area (Å²) in [6, 6.07) is 9.78. The van der Waals surface area contributed by atoms with Gasteiger partial charge in [0.25, 0.3) is 5.56 Å². The molecule has 2 heterocycles. The molecular formula is C22H25N5O2. The van der Waals surface area contributed by atoms with E-state index in [1.165, 1.54) is 12.8 Å². The van der Waals surface area contributed by atoms with Gasteiger partial charge < -0.3 is 5.32 Å². The molecule has 5 rings (SSSR count). The molecule has 2 aliphatic carbocycles. The van der Waals surface area contributed by atoms with Crippen LogP contribution in [0.2, 0.25) is 0 Å². The van der Waals surface area contributed by atoms with Crippen molar-refractivity contribution in [3.05, 3.63) is 52.7 Å². The Kier molecular flexibility index (Phi) is 4.45. The number of amides is 1. The maximum absolute atomic E-state index is 12.9. The summed E-state index contributed by atoms with van der Waals surface area (Å²) in [6.45, 7) is 2.15. The molecule has 2 fully saturated rings. The van der Waals surface area contributed by atoms with Crippen molar-refractivity contribution >= 4 is 22.6 Å². The smallest absolute Gasteiger partial charge is 0.261 e. The molecule has 1 atom stereocenters. The maximum Gasteiger partial charge on any atom is 0.261 e. The first-order valence-electron chi connectivity index (χ1n) is 10.5. The number of carbonyl (C=O) groups excluding carboxylic acids is 1. The van der Waals surface area contributed by atoms with E-state index < -0.39 is 0 Å². The zero-order valence-corrected chi connectivity index (χ0v) is 16.5. The number of para-hydroxylation sites is 1. The third-order valence-corrected chi connectivity index (χ3v) is 6.00. The molecule has 0 radical (unpaired) electrons. The fraction of sp³-hybridized carbons (Fsp3) is 0.455. The number of hydrogen-bond acceptors (Lipinski definition) is 4. The summed E-state index contributed by atoms with van der Waals surface area (Å²) >= 11 is 0. The molecule has 0 bridgehead atoms. The van der Waals surface area contributed by atoms with Crippen LogP contribution in [0.15, 0.2) is 41.3 Å². The molecular weight excluding hydrogens is 366 g/mol. The second kappa shape index (κ2) is 7.13. The highest BCUT2D eigenvalue weighted by atomic mass is 16.1. The summed E-state index contributed by atoms with van der Waals surface area (Å²) < 4.78 is 3.71. The van der Waals surface area contributed by atoms with Gasteiger partial charge in [0.1, 0.15) is 11.6 Å². The quantitative estimate of drug-likeness (QED) is 0.669. The first-order valence-corrected chi connectivity index (χ1v) is 10.5. The second-order valence-electron chi connectivity index (χ2n) is 8.24. The van der Waals surface area contributed by atoms with Crippen LogP contribution in [0, 0.1) is 5.92 Å². The SMILES string of the molecule is CC(C1CC1)n1nccc1NC(=O)CCc1nc2ccccc2c(=O)n1C1CC1. The first-order chi connectivity index (χ1) is 14.1. The summed E-state index contributed by atoms with van der Waals surface area (Å²) in [6.07, 6.45) is 6.88. The van der Waals surface area contributed by atoms with Crippen LogP contribution in [-0.2, 0) is 11.2 Å². The molecule has 1 N–H and O–H groups in total. The molecule has 2 aliphatic rings. The molecule has 1 aromatic carbocycles. The number of nitrogens with one attached hydrogen (secondary N) is 1. The summed E-state index contributed by atoms with van der Waals surface area (Å²) in [5, 5.41) is 8.02. The van der Waals surface area contributed by atoms with Gasteiger partial charge in [-0.15, -0.1) is 0 Å². The number of fused-ring (bicyclic) bond motifs is 1. The molecule has 7 nitrogen and oxygen atoms in total. The highest BCUT2D eigenvalue weighted by Crippen LogP contribution is 2.40. The van der Waals surface area contributed by atoms with E-state index in [0.717, 1.165) is 18.7 Å². The van der Waals surface area contributed by atoms with E-state index in [1.807, 2.05) is 35.0 Å². The lowest BCUT2D eigenvalue weighted by Crippen LogP contribution is -2.26. The highest BCUT2D eigenvalue weighted by molar-refractivity contribution is 5.90. The van der Waals surface area contributed by atoms with Gasteiger partial charge in [0.05, 0.1) is 23.1 Å². The Balaban J connectivity index is 1.33. The molecule has 29 heavy (non-hydrogen) atoms. The Hall–Kier alpha value is -2.96. The Morgan fingerprint density at radius 1 is 1.21 bits per heavy atom. The van der Waals surface area contributed by atoms with Gasteiger partial charge in [0, 0.05) is 24.9 Å². The number of aromatic nitrogens is 4. The summed E-state index contributed by atoms with van der Waals surface area (Å²) in [4.78, 5) is 30.3. The fourth-order valence-electron chi connectivity index (χ4n) is 4.02. The summed E-state index contributed by atoms with van der Waals surface area (Å²) in [7, 11) is 0. The topological polar surface area (TPSA) is 81.8 Å². The molecule has 2 aromatic heterocycles. The van der Waals surface area contributed by atoms with E-state index in [2.05, 4.69) is 17.3 Å². The van der Waals surface area contributed by atoms with Crippen molar-refractivity contribution < 1.29 is 4.79 Å². The minimum atomic E-state index is -0.0838. The number of carbonyl (C=O) groups is 1. The monoisotopic (exact) mass is 391 g/mol. The highest BCUT2D eigenvalue weighted by Gasteiger charge is 2.31. The van der Waals surface area contributed by atoms with Crippen molar-refractivity contribution in [3.8, 4) is 0 Å². The Bertz CT molecular complexity index is 1120. The van der Waals surface area contributed by atoms with E-state index in [-0.39, 0.29) is 23.9 Å². The number of nitrogens with zero attached hydrogens (tertiary/aromatic N) is 4. The number of anilines is 1. The molecule has 1 amide bonds. The van der Waals surface area contributed by atoms with Crippen LogP contribution >= 0.6 is 0 Å². The summed E-state index contributed by atoms with van der Waals surface area (Å²) in [5.41, 5.74) is 0.700. The van der Waals surface area contributed by atoms with Gasteiger partial charge in [-0.3, -0.25) is 14.2 Å². The molecule has 0 spiro atoms. The van der Waals surface area contributed by atoms with Crippen molar-refractivity contribution in [1.82, 2.24) is 19.3 Å². The van der Waals surface area contributed by atoms with E-state index in [9.17, 15) is 9.59 Å². The standard InChI is InChI=1S/C22H25N5O2/c1-14(15-6-7-15)27-20(12-13-23-27)25-21(28)11-10-19-24-18-5-3-2-4-17(18)22(29)26(19)16-8-9-16/h2-5,12-16H,6-11H2,1H3,(H,25,28). The van der Waals surface area contributed by atoms with Crippen LogP contribution in [0.4, 0.5) is 5.82 Å². The fourth-order valence-corrected chi connectivity index (χ4v) is 4.02. The van der Waals surface area contributed by atoms with Crippen molar-refractivity contribution in [2.45, 2.75) is 57.5 Å². The lowest BCUT2D eigenvalue weighted by molar-refractivity contribution is -0.116. The van der Waals surface area contributed by atoms with Crippen molar-refractivity contribution in [3.63, 3.8) is 0 Å². The van der Waals surface area contributed by atoms with E-state index in [0.29, 0.717) is 35.1 Å². The van der Waals surface area contributed by atoms with Crippen LogP contribution in [0.1, 0.15) is 56.9 Å². The third kappa shape index (κ3) is 3.57. The second-order valence-corrected chi connectivity index (χ2v) is 8.24. The zero-order valence-electron chi connectivity index (χ0n) is 16.5. The Morgan fingerprint density at radius 2 is 2.00 bits per heavy atom. The molecule has 1 unspecified atom stereocenters. The molecule has 3 aromatic rings. The first kappa shape index (κ1) is 18.1. The van der Waals surface area contributed by atoms with Gasteiger partial charge in [-0.2, -0.15) is 5.10 Å². The van der Waals surface area contributed by atoms with Gasteiger partial charge in [0.2, 0.25) is 5.91 Å².